The van der Waals surface area contributed by atoms with Gasteiger partial charge in [0.25, 0.3) is 0 Å². The molecule has 0 radical (unpaired) electrons. The van der Waals surface area contributed by atoms with E-state index in [0.29, 0.717) is 0 Å². The van der Waals surface area contributed by atoms with Crippen LogP contribution in [0.5, 0.6) is 0 Å². The van der Waals surface area contributed by atoms with E-state index in [1.165, 1.54) is 43.7 Å². The summed E-state index contributed by atoms with van der Waals surface area (Å²) in [6, 6.07) is 10.7. The van der Waals surface area contributed by atoms with E-state index in [9.17, 15) is 0 Å². The van der Waals surface area contributed by atoms with Crippen LogP contribution in [-0.2, 0) is 4.43 Å². The standard InChI is InChI=1S/C16H28OSi/c1-4-5-6-7-8-12-15-17-18(2,3)16-13-10-9-11-14-16/h9-11,13-14H,4-8,12,15H2,1-3H3. The molecule has 0 fully saturated rings. The molecule has 102 valence electrons. The summed E-state index contributed by atoms with van der Waals surface area (Å²) < 4.78 is 6.16. The lowest BCUT2D eigenvalue weighted by Gasteiger charge is -2.23. The quantitative estimate of drug-likeness (QED) is 0.472. The molecule has 1 rings (SSSR count). The molecule has 0 amide bonds. The molecule has 0 saturated carbocycles. The van der Waals surface area contributed by atoms with Crippen molar-refractivity contribution < 1.29 is 4.43 Å². The molecule has 0 heterocycles. The van der Waals surface area contributed by atoms with Crippen LogP contribution in [0, 0.1) is 0 Å². The van der Waals surface area contributed by atoms with Crippen LogP contribution in [0.1, 0.15) is 45.4 Å². The highest BCUT2D eigenvalue weighted by atomic mass is 28.4. The van der Waals surface area contributed by atoms with E-state index in [2.05, 4.69) is 50.3 Å². The Labute approximate surface area is 114 Å². The SMILES string of the molecule is CCCCCCCCO[Si](C)(C)c1ccccc1. The van der Waals surface area contributed by atoms with Crippen molar-refractivity contribution in [2.75, 3.05) is 6.61 Å². The predicted molar refractivity (Wildman–Crippen MR) is 82.9 cm³/mol. The molecular formula is C16H28OSi. The Bertz CT molecular complexity index is 308. The van der Waals surface area contributed by atoms with Crippen molar-refractivity contribution in [3.8, 4) is 0 Å². The lowest BCUT2D eigenvalue weighted by molar-refractivity contribution is 0.302. The Hall–Kier alpha value is -0.603. The summed E-state index contributed by atoms with van der Waals surface area (Å²) in [7, 11) is -1.65. The summed E-state index contributed by atoms with van der Waals surface area (Å²) in [4.78, 5) is 0. The van der Waals surface area contributed by atoms with Gasteiger partial charge in [0.2, 0.25) is 8.32 Å². The van der Waals surface area contributed by atoms with Gasteiger partial charge in [-0.05, 0) is 24.7 Å². The zero-order valence-corrected chi connectivity index (χ0v) is 13.2. The summed E-state index contributed by atoms with van der Waals surface area (Å²) in [6.45, 7) is 7.77. The van der Waals surface area contributed by atoms with Crippen molar-refractivity contribution in [2.24, 2.45) is 0 Å². The molecule has 18 heavy (non-hydrogen) atoms. The summed E-state index contributed by atoms with van der Waals surface area (Å²) >= 11 is 0. The fourth-order valence-corrected chi connectivity index (χ4v) is 3.95. The zero-order valence-electron chi connectivity index (χ0n) is 12.2. The maximum atomic E-state index is 6.16. The van der Waals surface area contributed by atoms with Crippen LogP contribution in [0.3, 0.4) is 0 Å². The van der Waals surface area contributed by atoms with Crippen LogP contribution in [0.4, 0.5) is 0 Å². The molecule has 0 aliphatic heterocycles. The second-order valence-corrected chi connectivity index (χ2v) is 9.38. The second-order valence-electron chi connectivity index (χ2n) is 5.49. The molecule has 0 spiro atoms. The summed E-state index contributed by atoms with van der Waals surface area (Å²) in [5.41, 5.74) is 0. The highest BCUT2D eigenvalue weighted by molar-refractivity contribution is 6.84. The fraction of sp³-hybridized carbons (Fsp3) is 0.625. The van der Waals surface area contributed by atoms with Gasteiger partial charge < -0.3 is 4.43 Å². The van der Waals surface area contributed by atoms with Crippen molar-refractivity contribution in [3.63, 3.8) is 0 Å². The van der Waals surface area contributed by atoms with Crippen LogP contribution in [0.2, 0.25) is 13.1 Å². The van der Waals surface area contributed by atoms with Gasteiger partial charge in [0.15, 0.2) is 0 Å². The number of hydrogen-bond donors (Lipinski definition) is 0. The first-order chi connectivity index (χ1) is 8.67. The number of benzene rings is 1. The van der Waals surface area contributed by atoms with E-state index >= 15 is 0 Å². The molecule has 0 aliphatic carbocycles. The van der Waals surface area contributed by atoms with Gasteiger partial charge in [-0.3, -0.25) is 0 Å². The minimum Gasteiger partial charge on any atom is -0.413 e. The molecule has 0 N–H and O–H groups in total. The minimum atomic E-state index is -1.65. The number of rotatable bonds is 9. The van der Waals surface area contributed by atoms with Crippen LogP contribution in [0.15, 0.2) is 30.3 Å². The molecular weight excluding hydrogens is 236 g/mol. The molecule has 0 aliphatic rings. The smallest absolute Gasteiger partial charge is 0.218 e. The van der Waals surface area contributed by atoms with Gasteiger partial charge >= 0.3 is 0 Å². The fourth-order valence-electron chi connectivity index (χ4n) is 2.13. The summed E-state index contributed by atoms with van der Waals surface area (Å²) in [5.74, 6) is 0. The first kappa shape index (κ1) is 15.5. The minimum absolute atomic E-state index is 0.931. The lowest BCUT2D eigenvalue weighted by Crippen LogP contribution is -2.44. The third kappa shape index (κ3) is 5.83. The molecule has 2 heteroatoms. The van der Waals surface area contributed by atoms with Crippen molar-refractivity contribution in [2.45, 2.75) is 58.5 Å². The topological polar surface area (TPSA) is 9.23 Å². The first-order valence-corrected chi connectivity index (χ1v) is 10.3. The highest BCUT2D eigenvalue weighted by Crippen LogP contribution is 2.09. The molecule has 1 nitrogen and oxygen atoms in total. The van der Waals surface area contributed by atoms with Gasteiger partial charge in [-0.1, -0.05) is 69.4 Å². The van der Waals surface area contributed by atoms with Crippen molar-refractivity contribution in [1.82, 2.24) is 0 Å². The molecule has 0 bridgehead atoms. The summed E-state index contributed by atoms with van der Waals surface area (Å²) in [5, 5.41) is 1.40. The number of unbranched alkanes of at least 4 members (excludes halogenated alkanes) is 5. The molecule has 1 aromatic carbocycles. The Kier molecular flexibility index (Phi) is 7.29. The van der Waals surface area contributed by atoms with Crippen LogP contribution in [0.25, 0.3) is 0 Å². The van der Waals surface area contributed by atoms with Crippen LogP contribution >= 0.6 is 0 Å². The Balaban J connectivity index is 2.18. The van der Waals surface area contributed by atoms with Crippen LogP contribution in [-0.4, -0.2) is 14.9 Å². The average molecular weight is 264 g/mol. The summed E-state index contributed by atoms with van der Waals surface area (Å²) in [6.07, 6.45) is 7.99. The first-order valence-electron chi connectivity index (χ1n) is 7.36. The Morgan fingerprint density at radius 2 is 1.50 bits per heavy atom. The van der Waals surface area contributed by atoms with Crippen LogP contribution < -0.4 is 5.19 Å². The molecule has 0 saturated heterocycles. The van der Waals surface area contributed by atoms with Crippen molar-refractivity contribution >= 4 is 13.5 Å². The van der Waals surface area contributed by atoms with E-state index in [4.69, 9.17) is 4.43 Å². The predicted octanol–water partition coefficient (Wildman–Crippen LogP) is 4.48. The molecule has 0 atom stereocenters. The van der Waals surface area contributed by atoms with E-state index < -0.39 is 8.32 Å². The third-order valence-electron chi connectivity index (χ3n) is 3.43. The normalized spacial score (nSPS) is 11.7. The molecule has 0 aromatic heterocycles. The van der Waals surface area contributed by atoms with Gasteiger partial charge in [0.05, 0.1) is 0 Å². The van der Waals surface area contributed by atoms with Gasteiger partial charge in [-0.2, -0.15) is 0 Å². The maximum absolute atomic E-state index is 6.16. The van der Waals surface area contributed by atoms with E-state index in [1.807, 2.05) is 0 Å². The zero-order chi connectivity index (χ0) is 13.3. The monoisotopic (exact) mass is 264 g/mol. The van der Waals surface area contributed by atoms with Gasteiger partial charge in [-0.25, -0.2) is 0 Å². The molecule has 0 unspecified atom stereocenters. The van der Waals surface area contributed by atoms with Gasteiger partial charge in [0.1, 0.15) is 0 Å². The van der Waals surface area contributed by atoms with E-state index in [0.717, 1.165) is 6.61 Å². The Morgan fingerprint density at radius 3 is 2.17 bits per heavy atom. The van der Waals surface area contributed by atoms with E-state index in [-0.39, 0.29) is 0 Å². The molecule has 1 aromatic rings. The maximum Gasteiger partial charge on any atom is 0.218 e. The van der Waals surface area contributed by atoms with Gasteiger partial charge in [0, 0.05) is 6.61 Å². The second kappa shape index (κ2) is 8.49. The average Bonchev–Trinajstić information content (AvgIpc) is 2.39. The van der Waals surface area contributed by atoms with Gasteiger partial charge in [-0.15, -0.1) is 0 Å². The largest absolute Gasteiger partial charge is 0.413 e. The van der Waals surface area contributed by atoms with E-state index in [1.54, 1.807) is 0 Å². The van der Waals surface area contributed by atoms with Crippen molar-refractivity contribution in [1.29, 1.82) is 0 Å². The van der Waals surface area contributed by atoms with Crippen molar-refractivity contribution in [3.05, 3.63) is 30.3 Å². The third-order valence-corrected chi connectivity index (χ3v) is 6.08. The number of hydrogen-bond acceptors (Lipinski definition) is 1. The lowest BCUT2D eigenvalue weighted by atomic mass is 10.1. The Morgan fingerprint density at radius 1 is 0.889 bits per heavy atom. The highest BCUT2D eigenvalue weighted by Gasteiger charge is 2.24.